The first-order chi connectivity index (χ1) is 4.41. The summed E-state index contributed by atoms with van der Waals surface area (Å²) in [4.78, 5) is 0. The van der Waals surface area contributed by atoms with Gasteiger partial charge in [-0.05, 0) is 13.0 Å². The lowest BCUT2D eigenvalue weighted by Crippen LogP contribution is -2.01. The number of rotatable bonds is 6. The Labute approximate surface area is 64.5 Å². The predicted molar refractivity (Wildman–Crippen MR) is 47.6 cm³/mol. The van der Waals surface area contributed by atoms with E-state index in [-0.39, 0.29) is 0 Å². The minimum Gasteiger partial charge on any atom is -0.330 e. The highest BCUT2D eigenvalue weighted by molar-refractivity contribution is 8.76. The highest BCUT2D eigenvalue weighted by atomic mass is 33.1. The fourth-order valence-electron chi connectivity index (χ4n) is 0.308. The van der Waals surface area contributed by atoms with Crippen molar-refractivity contribution in [2.24, 2.45) is 11.5 Å². The molecule has 0 fully saturated rings. The second-order valence-corrected chi connectivity index (χ2v) is 4.28. The van der Waals surface area contributed by atoms with E-state index in [0.717, 1.165) is 31.0 Å². The van der Waals surface area contributed by atoms with Gasteiger partial charge in [-0.3, -0.25) is 0 Å². The van der Waals surface area contributed by atoms with Gasteiger partial charge in [-0.15, -0.1) is 0 Å². The maximum atomic E-state index is 5.30. The maximum absolute atomic E-state index is 5.30. The second-order valence-electron chi connectivity index (χ2n) is 1.57. The van der Waals surface area contributed by atoms with Crippen molar-refractivity contribution in [2.75, 3.05) is 24.6 Å². The van der Waals surface area contributed by atoms with Gasteiger partial charge in [-0.25, -0.2) is 0 Å². The van der Waals surface area contributed by atoms with Crippen LogP contribution in [-0.2, 0) is 0 Å². The fraction of sp³-hybridized carbons (Fsp3) is 1.00. The normalized spacial score (nSPS) is 10.0. The van der Waals surface area contributed by atoms with E-state index >= 15 is 0 Å². The van der Waals surface area contributed by atoms with Gasteiger partial charge in [0, 0.05) is 18.1 Å². The van der Waals surface area contributed by atoms with Crippen LogP contribution in [0.1, 0.15) is 6.42 Å². The summed E-state index contributed by atoms with van der Waals surface area (Å²) in [7, 11) is 3.69. The Morgan fingerprint density at radius 1 is 0.889 bits per heavy atom. The van der Waals surface area contributed by atoms with Crippen LogP contribution in [0.4, 0.5) is 0 Å². The highest BCUT2D eigenvalue weighted by Crippen LogP contribution is 2.20. The van der Waals surface area contributed by atoms with Crippen LogP contribution >= 0.6 is 21.6 Å². The lowest BCUT2D eigenvalue weighted by Gasteiger charge is -1.95. The van der Waals surface area contributed by atoms with Gasteiger partial charge in [-0.1, -0.05) is 21.6 Å². The van der Waals surface area contributed by atoms with E-state index in [9.17, 15) is 0 Å². The monoisotopic (exact) mass is 166 g/mol. The quantitative estimate of drug-likeness (QED) is 0.450. The molecule has 0 saturated carbocycles. The van der Waals surface area contributed by atoms with Gasteiger partial charge in [0.25, 0.3) is 0 Å². The molecular formula is C5H14N2S2. The Balaban J connectivity index is 2.60. The molecule has 4 heteroatoms. The summed E-state index contributed by atoms with van der Waals surface area (Å²) in [5, 5.41) is 0. The van der Waals surface area contributed by atoms with Crippen LogP contribution in [-0.4, -0.2) is 24.6 Å². The summed E-state index contributed by atoms with van der Waals surface area (Å²) >= 11 is 0. The average molecular weight is 166 g/mol. The molecule has 0 aromatic heterocycles. The summed E-state index contributed by atoms with van der Waals surface area (Å²) in [6.45, 7) is 1.58. The van der Waals surface area contributed by atoms with E-state index in [2.05, 4.69) is 0 Å². The molecule has 0 aliphatic heterocycles. The van der Waals surface area contributed by atoms with E-state index < -0.39 is 0 Å². The Bertz CT molecular complexity index is 46.2. The van der Waals surface area contributed by atoms with Gasteiger partial charge in [-0.2, -0.15) is 0 Å². The third kappa shape index (κ3) is 8.62. The summed E-state index contributed by atoms with van der Waals surface area (Å²) < 4.78 is 0. The molecular weight excluding hydrogens is 152 g/mol. The summed E-state index contributed by atoms with van der Waals surface area (Å²) in [5.74, 6) is 2.20. The zero-order valence-corrected chi connectivity index (χ0v) is 7.14. The second kappa shape index (κ2) is 8.62. The molecule has 0 aliphatic carbocycles. The van der Waals surface area contributed by atoms with E-state index in [4.69, 9.17) is 11.5 Å². The molecule has 0 aliphatic rings. The Kier molecular flexibility index (Phi) is 9.21. The Morgan fingerprint density at radius 2 is 1.56 bits per heavy atom. The smallest absolute Gasteiger partial charge is 0.0160 e. The summed E-state index contributed by atoms with van der Waals surface area (Å²) in [6.07, 6.45) is 1.11. The standard InChI is InChI=1S/C5H14N2S2/c6-2-1-4-8-9-5-3-7/h1-7H2. The van der Waals surface area contributed by atoms with Crippen LogP contribution in [0.3, 0.4) is 0 Å². The van der Waals surface area contributed by atoms with Gasteiger partial charge in [0.1, 0.15) is 0 Å². The molecule has 0 unspecified atom stereocenters. The summed E-state index contributed by atoms with van der Waals surface area (Å²) in [6, 6.07) is 0. The minimum atomic E-state index is 0.778. The SMILES string of the molecule is NCCCSSCCN. The zero-order chi connectivity index (χ0) is 6.95. The molecule has 9 heavy (non-hydrogen) atoms. The van der Waals surface area contributed by atoms with Crippen molar-refractivity contribution in [3.8, 4) is 0 Å². The van der Waals surface area contributed by atoms with E-state index in [0.29, 0.717) is 0 Å². The first-order valence-electron chi connectivity index (χ1n) is 3.06. The van der Waals surface area contributed by atoms with Gasteiger partial charge in [0.2, 0.25) is 0 Å². The van der Waals surface area contributed by atoms with Crippen molar-refractivity contribution in [3.63, 3.8) is 0 Å². The van der Waals surface area contributed by atoms with Gasteiger partial charge >= 0.3 is 0 Å². The predicted octanol–water partition coefficient (Wildman–Crippen LogP) is 0.675. The van der Waals surface area contributed by atoms with Crippen LogP contribution in [0.25, 0.3) is 0 Å². The van der Waals surface area contributed by atoms with Crippen molar-refractivity contribution in [2.45, 2.75) is 6.42 Å². The third-order valence-corrected chi connectivity index (χ3v) is 3.24. The van der Waals surface area contributed by atoms with E-state index in [1.54, 1.807) is 0 Å². The minimum absolute atomic E-state index is 0.778. The lowest BCUT2D eigenvalue weighted by molar-refractivity contribution is 0.946. The van der Waals surface area contributed by atoms with E-state index in [1.807, 2.05) is 21.6 Å². The highest BCUT2D eigenvalue weighted by Gasteiger charge is 1.86. The van der Waals surface area contributed by atoms with Crippen molar-refractivity contribution in [3.05, 3.63) is 0 Å². The molecule has 0 rings (SSSR count). The van der Waals surface area contributed by atoms with Crippen LogP contribution in [0, 0.1) is 0 Å². The van der Waals surface area contributed by atoms with Crippen molar-refractivity contribution < 1.29 is 0 Å². The van der Waals surface area contributed by atoms with E-state index in [1.165, 1.54) is 0 Å². The first-order valence-corrected chi connectivity index (χ1v) is 5.55. The molecule has 0 bridgehead atoms. The van der Waals surface area contributed by atoms with Crippen LogP contribution in [0.15, 0.2) is 0 Å². The zero-order valence-electron chi connectivity index (χ0n) is 5.51. The van der Waals surface area contributed by atoms with Gasteiger partial charge < -0.3 is 11.5 Å². The fourth-order valence-corrected chi connectivity index (χ4v) is 2.27. The molecule has 4 N–H and O–H groups in total. The Morgan fingerprint density at radius 3 is 2.11 bits per heavy atom. The molecule has 0 heterocycles. The molecule has 0 amide bonds. The van der Waals surface area contributed by atoms with Crippen LogP contribution in [0.2, 0.25) is 0 Å². The van der Waals surface area contributed by atoms with Crippen molar-refractivity contribution in [1.82, 2.24) is 0 Å². The van der Waals surface area contributed by atoms with Gasteiger partial charge in [0.15, 0.2) is 0 Å². The number of hydrogen-bond donors (Lipinski definition) is 2. The molecule has 0 spiro atoms. The van der Waals surface area contributed by atoms with Crippen LogP contribution in [0.5, 0.6) is 0 Å². The first kappa shape index (κ1) is 9.62. The van der Waals surface area contributed by atoms with Crippen LogP contribution < -0.4 is 11.5 Å². The number of hydrogen-bond acceptors (Lipinski definition) is 4. The molecule has 0 aromatic rings. The molecule has 0 saturated heterocycles. The molecule has 56 valence electrons. The van der Waals surface area contributed by atoms with Crippen molar-refractivity contribution in [1.29, 1.82) is 0 Å². The molecule has 2 nitrogen and oxygen atoms in total. The third-order valence-electron chi connectivity index (χ3n) is 0.716. The molecule has 0 atom stereocenters. The lowest BCUT2D eigenvalue weighted by atomic mass is 10.5. The van der Waals surface area contributed by atoms with Crippen molar-refractivity contribution >= 4 is 21.6 Å². The topological polar surface area (TPSA) is 52.0 Å². The van der Waals surface area contributed by atoms with Gasteiger partial charge in [0.05, 0.1) is 0 Å². The Hall–Kier alpha value is 0.620. The maximum Gasteiger partial charge on any atom is 0.0160 e. The average Bonchev–Trinajstić information content (AvgIpc) is 1.89. The summed E-state index contributed by atoms with van der Waals surface area (Å²) in [5.41, 5.74) is 10.6. The molecule has 0 aromatic carbocycles. The largest absolute Gasteiger partial charge is 0.330 e. The molecule has 0 radical (unpaired) electrons. The number of nitrogens with two attached hydrogens (primary N) is 2.